The Kier molecular flexibility index (Phi) is 2.26. The molecule has 2 heterocycles. The summed E-state index contributed by atoms with van der Waals surface area (Å²) in [6.07, 6.45) is -3.19. The van der Waals surface area contributed by atoms with Crippen LogP contribution in [0.15, 0.2) is 24.4 Å². The van der Waals surface area contributed by atoms with Crippen molar-refractivity contribution in [2.45, 2.75) is 6.18 Å². The van der Waals surface area contributed by atoms with Crippen LogP contribution in [0, 0.1) is 0 Å². The second-order valence-electron chi connectivity index (χ2n) is 2.95. The molecule has 2 N–H and O–H groups in total. The molecule has 0 aliphatic heterocycles. The minimum atomic E-state index is -4.54. The molecule has 0 fully saturated rings. The molecule has 0 saturated heterocycles. The van der Waals surface area contributed by atoms with Gasteiger partial charge in [-0.25, -0.2) is 4.68 Å². The second kappa shape index (κ2) is 3.47. The predicted octanol–water partition coefficient (Wildman–Crippen LogP) is 1.26. The van der Waals surface area contributed by atoms with Crippen LogP contribution in [0.5, 0.6) is 0 Å². The van der Waals surface area contributed by atoms with E-state index in [1.54, 1.807) is 0 Å². The van der Waals surface area contributed by atoms with Crippen LogP contribution >= 0.6 is 0 Å². The van der Waals surface area contributed by atoms with Gasteiger partial charge in [0, 0.05) is 12.3 Å². The van der Waals surface area contributed by atoms with Crippen LogP contribution < -0.4 is 5.73 Å². The van der Waals surface area contributed by atoms with Crippen molar-refractivity contribution in [3.8, 4) is 5.82 Å². The van der Waals surface area contributed by atoms with Gasteiger partial charge in [0.05, 0.1) is 0 Å². The Morgan fingerprint density at radius 3 is 2.62 bits per heavy atom. The van der Waals surface area contributed by atoms with Crippen LogP contribution in [0.25, 0.3) is 5.82 Å². The molecule has 0 spiro atoms. The number of hydrogen-bond acceptors (Lipinski definition) is 4. The van der Waals surface area contributed by atoms with E-state index >= 15 is 0 Å². The highest BCUT2D eigenvalue weighted by molar-refractivity contribution is 5.35. The van der Waals surface area contributed by atoms with Crippen molar-refractivity contribution in [2.24, 2.45) is 0 Å². The molecule has 8 heteroatoms. The molecule has 0 radical (unpaired) electrons. The number of rotatable bonds is 1. The number of hydrogen-bond donors (Lipinski definition) is 1. The zero-order chi connectivity index (χ0) is 11.8. The fraction of sp³-hybridized carbons (Fsp3) is 0.125. The first-order valence-electron chi connectivity index (χ1n) is 4.19. The van der Waals surface area contributed by atoms with Crippen molar-refractivity contribution >= 4 is 5.82 Å². The Bertz CT molecular complexity index is 490. The van der Waals surface area contributed by atoms with E-state index in [9.17, 15) is 13.2 Å². The summed E-state index contributed by atoms with van der Waals surface area (Å²) < 4.78 is 38.4. The smallest absolute Gasteiger partial charge is 0.382 e. The van der Waals surface area contributed by atoms with Crippen LogP contribution in [-0.4, -0.2) is 20.0 Å². The van der Waals surface area contributed by atoms with Gasteiger partial charge < -0.3 is 5.73 Å². The van der Waals surface area contributed by atoms with Crippen LogP contribution in [0.1, 0.15) is 5.69 Å². The van der Waals surface area contributed by atoms with Gasteiger partial charge in [0.2, 0.25) is 0 Å². The Hall–Kier alpha value is -2.12. The quantitative estimate of drug-likeness (QED) is 0.799. The van der Waals surface area contributed by atoms with E-state index in [0.717, 1.165) is 6.07 Å². The van der Waals surface area contributed by atoms with E-state index in [-0.39, 0.29) is 11.6 Å². The summed E-state index contributed by atoms with van der Waals surface area (Å²) >= 11 is 0. The van der Waals surface area contributed by atoms with Gasteiger partial charge in [-0.15, -0.1) is 10.2 Å². The molecule has 0 atom stereocenters. The third-order valence-corrected chi connectivity index (χ3v) is 1.79. The highest BCUT2D eigenvalue weighted by atomic mass is 19.4. The molecule has 2 aromatic heterocycles. The molecule has 0 unspecified atom stereocenters. The van der Waals surface area contributed by atoms with Crippen LogP contribution in [0.2, 0.25) is 0 Å². The Morgan fingerprint density at radius 2 is 2.06 bits per heavy atom. The van der Waals surface area contributed by atoms with Crippen molar-refractivity contribution in [2.75, 3.05) is 5.73 Å². The number of aromatic nitrogens is 4. The number of nitrogens with zero attached hydrogens (tertiary/aromatic N) is 4. The number of anilines is 1. The van der Waals surface area contributed by atoms with Gasteiger partial charge in [-0.2, -0.15) is 18.3 Å². The van der Waals surface area contributed by atoms with Crippen molar-refractivity contribution in [1.82, 2.24) is 20.0 Å². The number of alkyl halides is 3. The van der Waals surface area contributed by atoms with Crippen molar-refractivity contribution < 1.29 is 13.2 Å². The van der Waals surface area contributed by atoms with E-state index in [0.29, 0.717) is 4.68 Å². The maximum atomic E-state index is 12.6. The summed E-state index contributed by atoms with van der Waals surface area (Å²) in [5.41, 5.74) is 4.25. The molecule has 0 aliphatic rings. The Balaban J connectivity index is 2.58. The fourth-order valence-electron chi connectivity index (χ4n) is 1.18. The van der Waals surface area contributed by atoms with Gasteiger partial charge in [0.25, 0.3) is 0 Å². The van der Waals surface area contributed by atoms with E-state index in [4.69, 9.17) is 5.73 Å². The molecular weight excluding hydrogens is 223 g/mol. The van der Waals surface area contributed by atoms with Gasteiger partial charge in [-0.1, -0.05) is 0 Å². The molecule has 2 aromatic rings. The van der Waals surface area contributed by atoms with E-state index < -0.39 is 11.9 Å². The second-order valence-corrected chi connectivity index (χ2v) is 2.95. The minimum Gasteiger partial charge on any atom is -0.382 e. The summed E-state index contributed by atoms with van der Waals surface area (Å²) in [5, 5.41) is 10.5. The lowest BCUT2D eigenvalue weighted by Gasteiger charge is -2.07. The highest BCUT2D eigenvalue weighted by Gasteiger charge is 2.36. The standard InChI is InChI=1S/C8H6F3N5/c9-8(10,11)5-4-6(12)15-16(5)7-2-1-3-13-14-7/h1-4H,(H2,12,15). The predicted molar refractivity (Wildman–Crippen MR) is 48.6 cm³/mol. The molecule has 0 aliphatic carbocycles. The molecule has 16 heavy (non-hydrogen) atoms. The van der Waals surface area contributed by atoms with Crippen molar-refractivity contribution in [3.63, 3.8) is 0 Å². The largest absolute Gasteiger partial charge is 0.433 e. The molecule has 2 rings (SSSR count). The third kappa shape index (κ3) is 1.81. The van der Waals surface area contributed by atoms with E-state index in [2.05, 4.69) is 15.3 Å². The normalized spacial score (nSPS) is 11.7. The molecule has 5 nitrogen and oxygen atoms in total. The zero-order valence-electron chi connectivity index (χ0n) is 7.81. The molecular formula is C8H6F3N5. The zero-order valence-corrected chi connectivity index (χ0v) is 7.81. The Labute approximate surface area is 87.7 Å². The van der Waals surface area contributed by atoms with Gasteiger partial charge >= 0.3 is 6.18 Å². The van der Waals surface area contributed by atoms with Crippen molar-refractivity contribution in [1.29, 1.82) is 0 Å². The lowest BCUT2D eigenvalue weighted by atomic mass is 10.4. The minimum absolute atomic E-state index is 0.0356. The molecule has 0 bridgehead atoms. The highest BCUT2D eigenvalue weighted by Crippen LogP contribution is 2.31. The maximum absolute atomic E-state index is 12.6. The Morgan fingerprint density at radius 1 is 1.31 bits per heavy atom. The summed E-state index contributed by atoms with van der Waals surface area (Å²) in [6, 6.07) is 3.56. The molecule has 0 amide bonds. The van der Waals surface area contributed by atoms with Gasteiger partial charge in [0.1, 0.15) is 5.82 Å². The molecule has 84 valence electrons. The lowest BCUT2D eigenvalue weighted by Crippen LogP contribution is -2.14. The summed E-state index contributed by atoms with van der Waals surface area (Å²) in [6.45, 7) is 0. The van der Waals surface area contributed by atoms with Gasteiger partial charge in [0.15, 0.2) is 11.5 Å². The average Bonchev–Trinajstić information content (AvgIpc) is 2.61. The number of halogens is 3. The van der Waals surface area contributed by atoms with E-state index in [1.807, 2.05) is 0 Å². The fourth-order valence-corrected chi connectivity index (χ4v) is 1.18. The molecule has 0 saturated carbocycles. The summed E-state index contributed by atoms with van der Waals surface area (Å²) in [7, 11) is 0. The topological polar surface area (TPSA) is 69.6 Å². The van der Waals surface area contributed by atoms with Gasteiger partial charge in [-0.3, -0.25) is 0 Å². The first-order valence-corrected chi connectivity index (χ1v) is 4.19. The van der Waals surface area contributed by atoms with Crippen LogP contribution in [0.3, 0.4) is 0 Å². The van der Waals surface area contributed by atoms with Gasteiger partial charge in [-0.05, 0) is 12.1 Å². The summed E-state index contributed by atoms with van der Waals surface area (Å²) in [5.74, 6) is -0.260. The monoisotopic (exact) mass is 229 g/mol. The lowest BCUT2D eigenvalue weighted by molar-refractivity contribution is -0.142. The number of nitrogen functional groups attached to an aromatic ring is 1. The van der Waals surface area contributed by atoms with E-state index in [1.165, 1.54) is 18.3 Å². The van der Waals surface area contributed by atoms with Crippen molar-refractivity contribution in [3.05, 3.63) is 30.1 Å². The third-order valence-electron chi connectivity index (χ3n) is 1.79. The first kappa shape index (κ1) is 10.4. The first-order chi connectivity index (χ1) is 7.48. The van der Waals surface area contributed by atoms with Crippen LogP contribution in [0.4, 0.5) is 19.0 Å². The summed E-state index contributed by atoms with van der Waals surface area (Å²) in [4.78, 5) is 0. The molecule has 0 aromatic carbocycles. The van der Waals surface area contributed by atoms with Crippen LogP contribution in [-0.2, 0) is 6.18 Å². The maximum Gasteiger partial charge on any atom is 0.433 e. The average molecular weight is 229 g/mol. The number of nitrogens with two attached hydrogens (primary N) is 1. The SMILES string of the molecule is Nc1cc(C(F)(F)F)n(-c2cccnn2)n1.